The minimum absolute atomic E-state index is 0.0227. The molecule has 4 aromatic rings. The van der Waals surface area contributed by atoms with Gasteiger partial charge in [-0.2, -0.15) is 0 Å². The Bertz CT molecular complexity index is 1170. The molecule has 0 saturated carbocycles. The first-order chi connectivity index (χ1) is 14.2. The molecule has 2 aromatic heterocycles. The monoisotopic (exact) mass is 386 g/mol. The molecule has 0 unspecified atom stereocenters. The second-order valence-corrected chi connectivity index (χ2v) is 7.92. The van der Waals surface area contributed by atoms with Crippen molar-refractivity contribution in [3.05, 3.63) is 71.5 Å². The first-order valence-corrected chi connectivity index (χ1v) is 10.5. The molecule has 0 aliphatic carbocycles. The van der Waals surface area contributed by atoms with E-state index in [4.69, 9.17) is 4.98 Å². The highest BCUT2D eigenvalue weighted by Crippen LogP contribution is 2.26. The second kappa shape index (κ2) is 7.48. The summed E-state index contributed by atoms with van der Waals surface area (Å²) >= 11 is 0. The predicted molar refractivity (Wildman–Crippen MR) is 116 cm³/mol. The number of rotatable bonds is 5. The zero-order valence-corrected chi connectivity index (χ0v) is 16.8. The van der Waals surface area contributed by atoms with E-state index in [2.05, 4.69) is 32.1 Å². The van der Waals surface area contributed by atoms with Gasteiger partial charge in [-0.3, -0.25) is 9.20 Å². The number of hydrogen-bond acceptors (Lipinski definition) is 3. The number of para-hydroxylation sites is 2. The van der Waals surface area contributed by atoms with Crippen molar-refractivity contribution in [3.63, 3.8) is 0 Å². The molecule has 3 heterocycles. The number of carbonyl (C=O) groups excluding carboxylic acids is 1. The lowest BCUT2D eigenvalue weighted by molar-refractivity contribution is 0.103. The maximum atomic E-state index is 13.3. The predicted octanol–water partition coefficient (Wildman–Crippen LogP) is 4.31. The molecule has 0 amide bonds. The van der Waals surface area contributed by atoms with Crippen molar-refractivity contribution in [1.29, 1.82) is 0 Å². The minimum atomic E-state index is 0.0227. The van der Waals surface area contributed by atoms with Crippen LogP contribution in [0.15, 0.2) is 54.6 Å². The van der Waals surface area contributed by atoms with Crippen LogP contribution in [0.25, 0.3) is 16.8 Å². The zero-order chi connectivity index (χ0) is 19.8. The van der Waals surface area contributed by atoms with Crippen LogP contribution in [0, 0.1) is 6.92 Å². The Balaban J connectivity index is 1.61. The summed E-state index contributed by atoms with van der Waals surface area (Å²) < 4.78 is 4.33. The van der Waals surface area contributed by atoms with Gasteiger partial charge in [-0.05, 0) is 45.0 Å². The molecule has 2 aromatic carbocycles. The van der Waals surface area contributed by atoms with Crippen LogP contribution in [0.1, 0.15) is 41.0 Å². The summed E-state index contributed by atoms with van der Waals surface area (Å²) in [5.41, 5.74) is 4.32. The van der Waals surface area contributed by atoms with Gasteiger partial charge in [0, 0.05) is 18.7 Å². The molecule has 0 N–H and O–H groups in total. The van der Waals surface area contributed by atoms with Crippen molar-refractivity contribution in [2.75, 3.05) is 19.6 Å². The van der Waals surface area contributed by atoms with Crippen LogP contribution < -0.4 is 0 Å². The van der Waals surface area contributed by atoms with Crippen molar-refractivity contribution in [3.8, 4) is 0 Å². The lowest BCUT2D eigenvalue weighted by atomic mass is 10.1. The smallest absolute Gasteiger partial charge is 0.215 e. The Morgan fingerprint density at radius 1 is 0.897 bits per heavy atom. The van der Waals surface area contributed by atoms with E-state index in [0.29, 0.717) is 11.3 Å². The topological polar surface area (TPSA) is 42.5 Å². The van der Waals surface area contributed by atoms with Crippen molar-refractivity contribution >= 4 is 22.6 Å². The Hall–Kier alpha value is -2.92. The van der Waals surface area contributed by atoms with Crippen molar-refractivity contribution in [2.24, 2.45) is 0 Å². The average Bonchev–Trinajstić information content (AvgIpc) is 3.26. The Labute approximate surface area is 170 Å². The summed E-state index contributed by atoms with van der Waals surface area (Å²) in [6.07, 6.45) is 3.93. The van der Waals surface area contributed by atoms with E-state index < -0.39 is 0 Å². The highest BCUT2D eigenvalue weighted by Gasteiger charge is 2.23. The summed E-state index contributed by atoms with van der Waals surface area (Å²) in [7, 11) is 0. The zero-order valence-electron chi connectivity index (χ0n) is 16.8. The lowest BCUT2D eigenvalue weighted by Crippen LogP contribution is -2.32. The summed E-state index contributed by atoms with van der Waals surface area (Å²) in [4.78, 5) is 20.7. The lowest BCUT2D eigenvalue weighted by Gasteiger charge is -2.26. The van der Waals surface area contributed by atoms with Gasteiger partial charge in [0.15, 0.2) is 0 Å². The fraction of sp³-hybridized carbons (Fsp3) is 0.333. The van der Waals surface area contributed by atoms with E-state index in [0.717, 1.165) is 35.6 Å². The Kier molecular flexibility index (Phi) is 4.68. The maximum absolute atomic E-state index is 13.3. The third-order valence-corrected chi connectivity index (χ3v) is 6.03. The van der Waals surface area contributed by atoms with Crippen molar-refractivity contribution in [2.45, 2.75) is 32.7 Å². The van der Waals surface area contributed by atoms with Crippen LogP contribution in [0.2, 0.25) is 0 Å². The Morgan fingerprint density at radius 2 is 1.59 bits per heavy atom. The number of imidazole rings is 2. The number of aryl methyl sites for hydroxylation is 1. The largest absolute Gasteiger partial charge is 0.308 e. The van der Waals surface area contributed by atoms with Crippen LogP contribution in [-0.2, 0) is 6.54 Å². The average molecular weight is 386 g/mol. The number of benzene rings is 2. The summed E-state index contributed by atoms with van der Waals surface area (Å²) in [6.45, 7) is 6.20. The molecule has 5 heteroatoms. The minimum Gasteiger partial charge on any atom is -0.308 e. The number of piperidine rings is 1. The molecule has 0 spiro atoms. The van der Waals surface area contributed by atoms with Gasteiger partial charge in [0.05, 0.1) is 16.7 Å². The van der Waals surface area contributed by atoms with E-state index in [1.54, 1.807) is 0 Å². The number of nitrogens with zero attached hydrogens (tertiary/aromatic N) is 4. The number of aromatic nitrogens is 3. The normalized spacial score (nSPS) is 15.3. The first-order valence-electron chi connectivity index (χ1n) is 10.5. The van der Waals surface area contributed by atoms with Crippen LogP contribution in [0.5, 0.6) is 0 Å². The molecule has 29 heavy (non-hydrogen) atoms. The first kappa shape index (κ1) is 18.1. The second-order valence-electron chi connectivity index (χ2n) is 7.92. The molecule has 148 valence electrons. The summed E-state index contributed by atoms with van der Waals surface area (Å²) in [6, 6.07) is 17.8. The molecule has 1 aliphatic rings. The number of carbonyl (C=O) groups is 1. The molecule has 1 aliphatic heterocycles. The molecule has 0 bridgehead atoms. The fourth-order valence-electron chi connectivity index (χ4n) is 4.55. The van der Waals surface area contributed by atoms with Gasteiger partial charge in [0.1, 0.15) is 5.69 Å². The van der Waals surface area contributed by atoms with Gasteiger partial charge in [0.25, 0.3) is 0 Å². The molecule has 0 atom stereocenters. The molecular weight excluding hydrogens is 360 g/mol. The highest BCUT2D eigenvalue weighted by atomic mass is 16.1. The fourth-order valence-corrected chi connectivity index (χ4v) is 4.55. The van der Waals surface area contributed by atoms with Crippen LogP contribution in [-0.4, -0.2) is 44.3 Å². The van der Waals surface area contributed by atoms with E-state index in [1.165, 1.54) is 32.4 Å². The van der Waals surface area contributed by atoms with Gasteiger partial charge < -0.3 is 9.47 Å². The number of likely N-dealkylation sites (tertiary alicyclic amines) is 1. The van der Waals surface area contributed by atoms with Gasteiger partial charge in [-0.15, -0.1) is 0 Å². The number of ketones is 1. The Morgan fingerprint density at radius 3 is 2.34 bits per heavy atom. The van der Waals surface area contributed by atoms with E-state index >= 15 is 0 Å². The molecular formula is C24H26N4O. The van der Waals surface area contributed by atoms with Gasteiger partial charge in [0.2, 0.25) is 11.6 Å². The third kappa shape index (κ3) is 3.15. The van der Waals surface area contributed by atoms with Gasteiger partial charge in [-0.1, -0.05) is 48.9 Å². The molecule has 1 fully saturated rings. The van der Waals surface area contributed by atoms with Gasteiger partial charge in [-0.25, -0.2) is 4.98 Å². The van der Waals surface area contributed by atoms with Crippen molar-refractivity contribution in [1.82, 2.24) is 18.9 Å². The number of fused-ring (bicyclic) bond motifs is 3. The van der Waals surface area contributed by atoms with E-state index in [1.807, 2.05) is 43.3 Å². The standard InChI is InChI=1S/C24H26N4O/c1-18-22(23(29)19-10-4-2-5-11-19)28-21-13-7-6-12-20(21)27(24(28)25-18)17-16-26-14-8-3-9-15-26/h2,4-7,10-13H,3,8-9,14-17H2,1H3. The van der Waals surface area contributed by atoms with Crippen LogP contribution in [0.3, 0.4) is 0 Å². The quantitative estimate of drug-likeness (QED) is 0.480. The molecule has 5 nitrogen and oxygen atoms in total. The van der Waals surface area contributed by atoms with Crippen LogP contribution in [0.4, 0.5) is 0 Å². The van der Waals surface area contributed by atoms with E-state index in [9.17, 15) is 4.79 Å². The highest BCUT2D eigenvalue weighted by molar-refractivity contribution is 6.10. The maximum Gasteiger partial charge on any atom is 0.215 e. The van der Waals surface area contributed by atoms with Crippen LogP contribution >= 0.6 is 0 Å². The number of hydrogen-bond donors (Lipinski definition) is 0. The van der Waals surface area contributed by atoms with E-state index in [-0.39, 0.29) is 5.78 Å². The molecule has 0 radical (unpaired) electrons. The van der Waals surface area contributed by atoms with Gasteiger partial charge >= 0.3 is 0 Å². The molecule has 5 rings (SSSR count). The summed E-state index contributed by atoms with van der Waals surface area (Å²) in [5, 5.41) is 0. The third-order valence-electron chi connectivity index (χ3n) is 6.03. The van der Waals surface area contributed by atoms with Crippen molar-refractivity contribution < 1.29 is 4.79 Å². The SMILES string of the molecule is Cc1nc2n(CCN3CCCCC3)c3ccccc3n2c1C(=O)c1ccccc1. The molecule has 1 saturated heterocycles. The summed E-state index contributed by atoms with van der Waals surface area (Å²) in [5.74, 6) is 0.884.